The lowest BCUT2D eigenvalue weighted by atomic mass is 10.2. The lowest BCUT2D eigenvalue weighted by Crippen LogP contribution is -2.26. The van der Waals surface area contributed by atoms with E-state index in [1.54, 1.807) is 0 Å². The second kappa shape index (κ2) is 6.21. The van der Waals surface area contributed by atoms with Gasteiger partial charge in [-0.25, -0.2) is 9.97 Å². The Morgan fingerprint density at radius 2 is 2.35 bits per heavy atom. The number of amides is 1. The highest BCUT2D eigenvalue weighted by molar-refractivity contribution is 6.33. The van der Waals surface area contributed by atoms with E-state index in [1.807, 2.05) is 13.8 Å². The van der Waals surface area contributed by atoms with Crippen LogP contribution in [0.5, 0.6) is 0 Å². The lowest BCUT2D eigenvalue weighted by molar-refractivity contribution is 0.0949. The van der Waals surface area contributed by atoms with Crippen LogP contribution in [-0.4, -0.2) is 22.4 Å². The van der Waals surface area contributed by atoms with Gasteiger partial charge in [-0.15, -0.1) is 12.3 Å². The molecule has 1 amide bonds. The quantitative estimate of drug-likeness (QED) is 0.658. The maximum Gasteiger partial charge on any atom is 0.271 e. The molecule has 5 heteroatoms. The third kappa shape index (κ3) is 3.72. The molecule has 1 heterocycles. The molecule has 0 saturated carbocycles. The van der Waals surface area contributed by atoms with Crippen LogP contribution in [0.15, 0.2) is 6.20 Å². The van der Waals surface area contributed by atoms with Gasteiger partial charge in [-0.1, -0.05) is 25.4 Å². The van der Waals surface area contributed by atoms with Crippen molar-refractivity contribution < 1.29 is 4.79 Å². The molecule has 0 saturated heterocycles. The Kier molecular flexibility index (Phi) is 4.92. The molecule has 0 bridgehead atoms. The molecular weight excluding hydrogens is 238 g/mol. The summed E-state index contributed by atoms with van der Waals surface area (Å²) in [6, 6.07) is 0. The zero-order chi connectivity index (χ0) is 12.8. The van der Waals surface area contributed by atoms with Crippen LogP contribution in [0.3, 0.4) is 0 Å². The van der Waals surface area contributed by atoms with Crippen LogP contribution in [0.4, 0.5) is 0 Å². The summed E-state index contributed by atoms with van der Waals surface area (Å²) in [4.78, 5) is 20.0. The lowest BCUT2D eigenvalue weighted by Gasteiger charge is -2.08. The second-order valence-corrected chi connectivity index (χ2v) is 4.20. The van der Waals surface area contributed by atoms with E-state index in [9.17, 15) is 4.79 Å². The molecule has 17 heavy (non-hydrogen) atoms. The van der Waals surface area contributed by atoms with Crippen molar-refractivity contribution in [1.82, 2.24) is 15.3 Å². The van der Waals surface area contributed by atoms with Crippen LogP contribution in [0.25, 0.3) is 0 Å². The van der Waals surface area contributed by atoms with Crippen molar-refractivity contribution in [1.29, 1.82) is 0 Å². The summed E-state index contributed by atoms with van der Waals surface area (Å²) in [5.41, 5.74) is 0.197. The Morgan fingerprint density at radius 3 is 2.94 bits per heavy atom. The van der Waals surface area contributed by atoms with Crippen LogP contribution in [0.2, 0.25) is 5.02 Å². The monoisotopic (exact) mass is 251 g/mol. The van der Waals surface area contributed by atoms with Gasteiger partial charge in [-0.2, -0.15) is 0 Å². The fourth-order valence-electron chi connectivity index (χ4n) is 1.15. The molecule has 0 spiro atoms. The number of hydrogen-bond donors (Lipinski definition) is 1. The normalized spacial score (nSPS) is 10.1. The maximum absolute atomic E-state index is 11.8. The minimum atomic E-state index is -0.324. The Bertz CT molecular complexity index is 452. The van der Waals surface area contributed by atoms with Crippen LogP contribution >= 0.6 is 11.6 Å². The van der Waals surface area contributed by atoms with Crippen molar-refractivity contribution in [2.24, 2.45) is 0 Å². The van der Waals surface area contributed by atoms with Gasteiger partial charge in [0.1, 0.15) is 11.5 Å². The molecule has 0 atom stereocenters. The van der Waals surface area contributed by atoms with E-state index in [0.717, 1.165) is 0 Å². The summed E-state index contributed by atoms with van der Waals surface area (Å²) in [5, 5.41) is 2.89. The van der Waals surface area contributed by atoms with Gasteiger partial charge in [-0.3, -0.25) is 4.79 Å². The van der Waals surface area contributed by atoms with Crippen LogP contribution in [0, 0.1) is 12.3 Å². The smallest absolute Gasteiger partial charge is 0.271 e. The van der Waals surface area contributed by atoms with E-state index < -0.39 is 0 Å². The summed E-state index contributed by atoms with van der Waals surface area (Å²) < 4.78 is 0. The van der Waals surface area contributed by atoms with Gasteiger partial charge in [0.05, 0.1) is 11.2 Å². The minimum Gasteiger partial charge on any atom is -0.350 e. The van der Waals surface area contributed by atoms with Crippen molar-refractivity contribution in [2.45, 2.75) is 26.2 Å². The second-order valence-electron chi connectivity index (χ2n) is 3.79. The van der Waals surface area contributed by atoms with Gasteiger partial charge in [0.15, 0.2) is 0 Å². The van der Waals surface area contributed by atoms with Gasteiger partial charge < -0.3 is 5.32 Å². The molecule has 0 radical (unpaired) electrons. The molecule has 1 N–H and O–H groups in total. The Morgan fingerprint density at radius 1 is 1.65 bits per heavy atom. The van der Waals surface area contributed by atoms with Crippen LogP contribution in [0.1, 0.15) is 42.5 Å². The van der Waals surface area contributed by atoms with Gasteiger partial charge in [0, 0.05) is 18.9 Å². The number of nitrogens with zero attached hydrogens (tertiary/aromatic N) is 2. The average Bonchev–Trinajstić information content (AvgIpc) is 2.29. The van der Waals surface area contributed by atoms with Crippen molar-refractivity contribution in [3.05, 3.63) is 22.7 Å². The number of halogens is 1. The first-order valence-corrected chi connectivity index (χ1v) is 5.68. The molecular formula is C12H14ClN3O. The first-order chi connectivity index (χ1) is 8.06. The standard InChI is InChI=1S/C12H14ClN3O/c1-4-5-6-14-12(17)10-9(13)7-15-11(16-10)8(2)3/h1,7-8H,5-6H2,2-3H3,(H,14,17). The number of aromatic nitrogens is 2. The molecule has 0 aliphatic heterocycles. The van der Waals surface area contributed by atoms with Gasteiger partial charge in [-0.05, 0) is 0 Å². The molecule has 1 aromatic heterocycles. The summed E-state index contributed by atoms with van der Waals surface area (Å²) in [6.07, 6.45) is 7.02. The molecule has 0 fully saturated rings. The summed E-state index contributed by atoms with van der Waals surface area (Å²) >= 11 is 5.88. The molecule has 1 aromatic rings. The highest BCUT2D eigenvalue weighted by Crippen LogP contribution is 2.16. The maximum atomic E-state index is 11.8. The van der Waals surface area contributed by atoms with E-state index in [2.05, 4.69) is 21.2 Å². The van der Waals surface area contributed by atoms with E-state index in [0.29, 0.717) is 18.8 Å². The SMILES string of the molecule is C#CCCNC(=O)c1nc(C(C)C)ncc1Cl. The molecule has 0 unspecified atom stereocenters. The Balaban J connectivity index is 2.85. The highest BCUT2D eigenvalue weighted by Gasteiger charge is 2.14. The molecule has 1 rings (SSSR count). The van der Waals surface area contributed by atoms with E-state index in [1.165, 1.54) is 6.20 Å². The third-order valence-corrected chi connectivity index (χ3v) is 2.33. The Labute approximate surface area is 106 Å². The van der Waals surface area contributed by atoms with Gasteiger partial charge in [0.2, 0.25) is 0 Å². The number of terminal acetylenes is 1. The van der Waals surface area contributed by atoms with Crippen molar-refractivity contribution in [2.75, 3.05) is 6.54 Å². The van der Waals surface area contributed by atoms with E-state index >= 15 is 0 Å². The topological polar surface area (TPSA) is 54.9 Å². The number of hydrogen-bond acceptors (Lipinski definition) is 3. The number of carbonyl (C=O) groups is 1. The van der Waals surface area contributed by atoms with Crippen molar-refractivity contribution in [3.8, 4) is 12.3 Å². The molecule has 0 aliphatic rings. The fourth-order valence-corrected chi connectivity index (χ4v) is 1.33. The first kappa shape index (κ1) is 13.5. The van der Waals surface area contributed by atoms with Crippen molar-refractivity contribution in [3.63, 3.8) is 0 Å². The third-order valence-electron chi connectivity index (χ3n) is 2.05. The number of rotatable bonds is 4. The summed E-state index contributed by atoms with van der Waals surface area (Å²) in [5.74, 6) is 2.85. The summed E-state index contributed by atoms with van der Waals surface area (Å²) in [6.45, 7) is 4.30. The summed E-state index contributed by atoms with van der Waals surface area (Å²) in [7, 11) is 0. The van der Waals surface area contributed by atoms with E-state index in [4.69, 9.17) is 18.0 Å². The van der Waals surface area contributed by atoms with Crippen molar-refractivity contribution >= 4 is 17.5 Å². The Hall–Kier alpha value is -1.60. The number of carbonyl (C=O) groups excluding carboxylic acids is 1. The predicted octanol–water partition coefficient (Wildman–Crippen LogP) is 2.01. The highest BCUT2D eigenvalue weighted by atomic mass is 35.5. The zero-order valence-electron chi connectivity index (χ0n) is 9.83. The zero-order valence-corrected chi connectivity index (χ0v) is 10.6. The molecule has 90 valence electrons. The van der Waals surface area contributed by atoms with Crippen LogP contribution < -0.4 is 5.32 Å². The van der Waals surface area contributed by atoms with Crippen LogP contribution in [-0.2, 0) is 0 Å². The fraction of sp³-hybridized carbons (Fsp3) is 0.417. The first-order valence-electron chi connectivity index (χ1n) is 5.30. The molecule has 0 aliphatic carbocycles. The largest absolute Gasteiger partial charge is 0.350 e. The number of nitrogens with one attached hydrogen (secondary N) is 1. The molecule has 0 aromatic carbocycles. The average molecular weight is 252 g/mol. The van der Waals surface area contributed by atoms with Gasteiger partial charge in [0.25, 0.3) is 5.91 Å². The molecule has 4 nitrogen and oxygen atoms in total. The minimum absolute atomic E-state index is 0.143. The predicted molar refractivity (Wildman–Crippen MR) is 66.9 cm³/mol. The van der Waals surface area contributed by atoms with E-state index in [-0.39, 0.29) is 22.5 Å². The van der Waals surface area contributed by atoms with Gasteiger partial charge >= 0.3 is 0 Å².